The zero-order valence-corrected chi connectivity index (χ0v) is 11.2. The number of aliphatic imine (C=N–C) groups is 1. The van der Waals surface area contributed by atoms with E-state index in [9.17, 15) is 4.79 Å². The van der Waals surface area contributed by atoms with Crippen LogP contribution in [-0.2, 0) is 12.8 Å². The van der Waals surface area contributed by atoms with Gasteiger partial charge in [-0.1, -0.05) is 31.5 Å². The number of rotatable bonds is 3. The van der Waals surface area contributed by atoms with Crippen molar-refractivity contribution in [2.45, 2.75) is 26.7 Å². The number of halogens is 1. The number of guanidine groups is 1. The Morgan fingerprint density at radius 3 is 2.50 bits per heavy atom. The van der Waals surface area contributed by atoms with Crippen LogP contribution in [0.1, 0.15) is 25.0 Å². The molecule has 5 nitrogen and oxygen atoms in total. The third kappa shape index (κ3) is 3.37. The fourth-order valence-corrected chi connectivity index (χ4v) is 1.98. The zero-order valence-electron chi connectivity index (χ0n) is 10.5. The van der Waals surface area contributed by atoms with E-state index in [1.807, 2.05) is 26.0 Å². The molecule has 1 aromatic rings. The molecule has 1 rings (SSSR count). The maximum Gasteiger partial charge on any atom is 0.318 e. The lowest BCUT2D eigenvalue weighted by molar-refractivity contribution is 0.253. The highest BCUT2D eigenvalue weighted by atomic mass is 35.5. The summed E-state index contributed by atoms with van der Waals surface area (Å²) in [4.78, 5) is 14.9. The lowest BCUT2D eigenvalue weighted by atomic mass is 10.0. The minimum absolute atomic E-state index is 0.0332. The Kier molecular flexibility index (Phi) is 4.97. The molecule has 0 aromatic heterocycles. The van der Waals surface area contributed by atoms with Crippen LogP contribution in [0.5, 0.6) is 0 Å². The van der Waals surface area contributed by atoms with Crippen molar-refractivity contribution >= 4 is 29.3 Å². The predicted octanol–water partition coefficient (Wildman–Crippen LogP) is 2.08. The molecule has 18 heavy (non-hydrogen) atoms. The van der Waals surface area contributed by atoms with Gasteiger partial charge in [0.1, 0.15) is 0 Å². The first kappa shape index (κ1) is 14.3. The highest BCUT2D eigenvalue weighted by molar-refractivity contribution is 6.31. The molecule has 6 heteroatoms. The summed E-state index contributed by atoms with van der Waals surface area (Å²) in [5.41, 5.74) is 13.2. The fourth-order valence-electron chi connectivity index (χ4n) is 1.70. The molecular weight excluding hydrogens is 252 g/mol. The number of hydrogen-bond acceptors (Lipinski definition) is 2. The topological polar surface area (TPSA) is 93.5 Å². The van der Waals surface area contributed by atoms with Crippen molar-refractivity contribution in [3.05, 3.63) is 28.3 Å². The SMILES string of the molecule is CCc1ccc(Cl)c(CC)c1N=C(N)NC(N)=O. The summed E-state index contributed by atoms with van der Waals surface area (Å²) in [6.45, 7) is 4.00. The molecule has 1 aromatic carbocycles. The van der Waals surface area contributed by atoms with Gasteiger partial charge in [-0.25, -0.2) is 9.79 Å². The van der Waals surface area contributed by atoms with E-state index in [1.165, 1.54) is 0 Å². The van der Waals surface area contributed by atoms with E-state index in [2.05, 4.69) is 10.3 Å². The van der Waals surface area contributed by atoms with Gasteiger partial charge in [0.15, 0.2) is 0 Å². The molecule has 2 amide bonds. The zero-order chi connectivity index (χ0) is 13.7. The number of urea groups is 1. The number of benzene rings is 1. The van der Waals surface area contributed by atoms with E-state index >= 15 is 0 Å². The van der Waals surface area contributed by atoms with Crippen molar-refractivity contribution in [2.24, 2.45) is 16.5 Å². The molecule has 0 radical (unpaired) electrons. The number of nitrogens with two attached hydrogens (primary N) is 2. The second kappa shape index (κ2) is 6.26. The summed E-state index contributed by atoms with van der Waals surface area (Å²) in [6.07, 6.45) is 1.53. The molecule has 5 N–H and O–H groups in total. The molecule has 0 spiro atoms. The first-order chi connectivity index (χ1) is 8.49. The van der Waals surface area contributed by atoms with Gasteiger partial charge in [-0.2, -0.15) is 0 Å². The molecule has 0 aliphatic heterocycles. The van der Waals surface area contributed by atoms with E-state index in [0.717, 1.165) is 24.0 Å². The van der Waals surface area contributed by atoms with Gasteiger partial charge in [0.2, 0.25) is 5.96 Å². The molecule has 0 heterocycles. The van der Waals surface area contributed by atoms with Crippen LogP contribution < -0.4 is 16.8 Å². The summed E-state index contributed by atoms with van der Waals surface area (Å²) in [6, 6.07) is 3.00. The Morgan fingerprint density at radius 1 is 1.33 bits per heavy atom. The number of nitrogens with zero attached hydrogens (tertiary/aromatic N) is 1. The van der Waals surface area contributed by atoms with Gasteiger partial charge >= 0.3 is 6.03 Å². The predicted molar refractivity (Wildman–Crippen MR) is 74.2 cm³/mol. The van der Waals surface area contributed by atoms with Crippen molar-refractivity contribution in [3.8, 4) is 0 Å². The van der Waals surface area contributed by atoms with Gasteiger partial charge in [0, 0.05) is 5.02 Å². The molecule has 0 unspecified atom stereocenters. The van der Waals surface area contributed by atoms with Crippen LogP contribution >= 0.6 is 11.6 Å². The second-order valence-electron chi connectivity index (χ2n) is 3.73. The van der Waals surface area contributed by atoms with E-state index in [-0.39, 0.29) is 5.96 Å². The largest absolute Gasteiger partial charge is 0.369 e. The average molecular weight is 269 g/mol. The van der Waals surface area contributed by atoms with E-state index in [0.29, 0.717) is 10.7 Å². The van der Waals surface area contributed by atoms with Crippen LogP contribution in [0, 0.1) is 0 Å². The summed E-state index contributed by atoms with van der Waals surface area (Å²) < 4.78 is 0. The van der Waals surface area contributed by atoms with Crippen LogP contribution in [0.2, 0.25) is 5.02 Å². The number of nitrogens with one attached hydrogen (secondary N) is 1. The molecule has 0 atom stereocenters. The quantitative estimate of drug-likeness (QED) is 0.578. The molecule has 0 fully saturated rings. The minimum Gasteiger partial charge on any atom is -0.369 e. The van der Waals surface area contributed by atoms with E-state index < -0.39 is 6.03 Å². The van der Waals surface area contributed by atoms with Crippen molar-refractivity contribution in [3.63, 3.8) is 0 Å². The van der Waals surface area contributed by atoms with Crippen LogP contribution in [0.3, 0.4) is 0 Å². The Labute approximate surface area is 111 Å². The van der Waals surface area contributed by atoms with Crippen LogP contribution in [0.4, 0.5) is 10.5 Å². The van der Waals surface area contributed by atoms with E-state index in [1.54, 1.807) is 0 Å². The molecule has 0 saturated heterocycles. The molecule has 0 saturated carbocycles. The first-order valence-electron chi connectivity index (χ1n) is 5.70. The van der Waals surface area contributed by atoms with Gasteiger partial charge in [0.05, 0.1) is 5.69 Å². The monoisotopic (exact) mass is 268 g/mol. The summed E-state index contributed by atoms with van der Waals surface area (Å²) in [5, 5.41) is 2.88. The third-order valence-electron chi connectivity index (χ3n) is 2.53. The van der Waals surface area contributed by atoms with Gasteiger partial charge in [-0.15, -0.1) is 0 Å². The summed E-state index contributed by atoms with van der Waals surface area (Å²) >= 11 is 6.13. The highest BCUT2D eigenvalue weighted by Crippen LogP contribution is 2.31. The third-order valence-corrected chi connectivity index (χ3v) is 2.88. The summed E-state index contributed by atoms with van der Waals surface area (Å²) in [7, 11) is 0. The van der Waals surface area contributed by atoms with Crippen molar-refractivity contribution in [1.29, 1.82) is 0 Å². The Bertz CT molecular complexity index is 485. The van der Waals surface area contributed by atoms with Crippen molar-refractivity contribution in [2.75, 3.05) is 0 Å². The molecule has 0 aliphatic carbocycles. The summed E-state index contributed by atoms with van der Waals surface area (Å²) in [5.74, 6) is -0.0332. The normalized spacial score (nSPS) is 11.4. The molecule has 0 bridgehead atoms. The smallest absolute Gasteiger partial charge is 0.318 e. The number of carbonyl (C=O) groups is 1. The van der Waals surface area contributed by atoms with Gasteiger partial charge in [-0.3, -0.25) is 5.32 Å². The van der Waals surface area contributed by atoms with Crippen molar-refractivity contribution < 1.29 is 4.79 Å². The maximum absolute atomic E-state index is 10.7. The number of primary amides is 1. The Hall–Kier alpha value is -1.75. The first-order valence-corrected chi connectivity index (χ1v) is 6.08. The average Bonchev–Trinajstić information content (AvgIpc) is 2.28. The lowest BCUT2D eigenvalue weighted by Crippen LogP contribution is -2.40. The van der Waals surface area contributed by atoms with Crippen LogP contribution in [-0.4, -0.2) is 12.0 Å². The lowest BCUT2D eigenvalue weighted by Gasteiger charge is -2.11. The van der Waals surface area contributed by atoms with Crippen molar-refractivity contribution in [1.82, 2.24) is 5.32 Å². The molecule has 0 aliphatic rings. The van der Waals surface area contributed by atoms with Crippen LogP contribution in [0.15, 0.2) is 17.1 Å². The Balaban J connectivity index is 3.28. The van der Waals surface area contributed by atoms with Gasteiger partial charge in [0.25, 0.3) is 0 Å². The van der Waals surface area contributed by atoms with Gasteiger partial charge < -0.3 is 11.5 Å². The number of amides is 2. The standard InChI is InChI=1S/C12H17ClN4O/c1-3-7-5-6-9(13)8(4-2)10(7)16-11(14)17-12(15)18/h5-6H,3-4H2,1-2H3,(H5,14,15,16,17,18). The maximum atomic E-state index is 10.7. The fraction of sp³-hybridized carbons (Fsp3) is 0.333. The molecular formula is C12H17ClN4O. The number of carbonyl (C=O) groups excluding carboxylic acids is 1. The number of hydrogen-bond donors (Lipinski definition) is 3. The number of aryl methyl sites for hydroxylation is 1. The minimum atomic E-state index is -0.741. The van der Waals surface area contributed by atoms with Gasteiger partial charge in [-0.05, 0) is 30.0 Å². The van der Waals surface area contributed by atoms with Crippen LogP contribution in [0.25, 0.3) is 0 Å². The van der Waals surface area contributed by atoms with E-state index in [4.69, 9.17) is 23.1 Å². The molecule has 98 valence electrons. The Morgan fingerprint density at radius 2 is 2.00 bits per heavy atom. The highest BCUT2D eigenvalue weighted by Gasteiger charge is 2.10. The second-order valence-corrected chi connectivity index (χ2v) is 4.13.